The molecule has 0 radical (unpaired) electrons. The number of hydrogen-bond donors (Lipinski definition) is 1. The van der Waals surface area contributed by atoms with Crippen molar-refractivity contribution in [3.05, 3.63) is 94.1 Å². The maximum absolute atomic E-state index is 13.3. The molecule has 0 unspecified atom stereocenters. The van der Waals surface area contributed by atoms with Crippen LogP contribution in [0.3, 0.4) is 0 Å². The van der Waals surface area contributed by atoms with Gasteiger partial charge in [-0.2, -0.15) is 0 Å². The second-order valence-electron chi connectivity index (χ2n) is 7.69. The zero-order valence-corrected chi connectivity index (χ0v) is 20.1. The predicted octanol–water partition coefficient (Wildman–Crippen LogP) is 5.87. The maximum atomic E-state index is 13.3. The smallest absolute Gasteiger partial charge is 0.270 e. The van der Waals surface area contributed by atoms with E-state index in [9.17, 15) is 14.0 Å². The second-order valence-corrected chi connectivity index (χ2v) is 9.36. The molecule has 2 amide bonds. The van der Waals surface area contributed by atoms with Crippen LogP contribution < -0.4 is 15.0 Å². The van der Waals surface area contributed by atoms with E-state index in [-0.39, 0.29) is 18.4 Å². The third kappa shape index (κ3) is 5.35. The number of benzene rings is 3. The highest BCUT2D eigenvalue weighted by molar-refractivity contribution is 8.27. The SMILES string of the molecule is Cc1ccc(C)c(NC(=O)COc2ccccc2/C=C2\SC(=S)N(c3ccc(F)cc3)C2=O)c1. The summed E-state index contributed by atoms with van der Waals surface area (Å²) in [5.74, 6) is -0.515. The Bertz CT molecular complexity index is 1310. The van der Waals surface area contributed by atoms with E-state index in [4.69, 9.17) is 17.0 Å². The molecule has 172 valence electrons. The monoisotopic (exact) mass is 492 g/mol. The van der Waals surface area contributed by atoms with Crippen molar-refractivity contribution in [1.29, 1.82) is 0 Å². The number of anilines is 2. The van der Waals surface area contributed by atoms with Crippen LogP contribution in [0.15, 0.2) is 71.6 Å². The van der Waals surface area contributed by atoms with Crippen molar-refractivity contribution in [3.63, 3.8) is 0 Å². The summed E-state index contributed by atoms with van der Waals surface area (Å²) >= 11 is 6.53. The minimum atomic E-state index is -0.391. The third-order valence-electron chi connectivity index (χ3n) is 5.11. The number of amides is 2. The van der Waals surface area contributed by atoms with Crippen LogP contribution >= 0.6 is 24.0 Å². The first-order chi connectivity index (χ1) is 16.3. The highest BCUT2D eigenvalue weighted by Gasteiger charge is 2.33. The molecule has 1 heterocycles. The van der Waals surface area contributed by atoms with Crippen molar-refractivity contribution in [2.45, 2.75) is 13.8 Å². The van der Waals surface area contributed by atoms with Crippen molar-refractivity contribution in [3.8, 4) is 5.75 Å². The molecule has 1 aliphatic heterocycles. The highest BCUT2D eigenvalue weighted by Crippen LogP contribution is 2.37. The Morgan fingerprint density at radius 1 is 1.12 bits per heavy atom. The fraction of sp³-hybridized carbons (Fsp3) is 0.115. The van der Waals surface area contributed by atoms with E-state index >= 15 is 0 Å². The van der Waals surface area contributed by atoms with Crippen molar-refractivity contribution in [1.82, 2.24) is 0 Å². The Kier molecular flexibility index (Phi) is 7.09. The first-order valence-electron chi connectivity index (χ1n) is 10.4. The van der Waals surface area contributed by atoms with E-state index in [0.29, 0.717) is 26.2 Å². The first-order valence-corrected chi connectivity index (χ1v) is 11.7. The Morgan fingerprint density at radius 3 is 2.62 bits per heavy atom. The molecule has 0 aliphatic carbocycles. The molecule has 0 saturated carbocycles. The van der Waals surface area contributed by atoms with Gasteiger partial charge in [0.05, 0.1) is 10.6 Å². The average Bonchev–Trinajstić information content (AvgIpc) is 3.09. The number of ether oxygens (including phenoxy) is 1. The largest absolute Gasteiger partial charge is 0.483 e. The molecule has 3 aromatic carbocycles. The summed E-state index contributed by atoms with van der Waals surface area (Å²) in [7, 11) is 0. The van der Waals surface area contributed by atoms with Crippen molar-refractivity contribution < 1.29 is 18.7 Å². The van der Waals surface area contributed by atoms with Crippen LogP contribution in [0.1, 0.15) is 16.7 Å². The van der Waals surface area contributed by atoms with E-state index in [1.165, 1.54) is 29.2 Å². The van der Waals surface area contributed by atoms with Crippen LogP contribution in [0, 0.1) is 19.7 Å². The molecule has 4 rings (SSSR count). The third-order valence-corrected chi connectivity index (χ3v) is 6.41. The van der Waals surface area contributed by atoms with E-state index in [0.717, 1.165) is 28.6 Å². The van der Waals surface area contributed by atoms with Gasteiger partial charge >= 0.3 is 0 Å². The molecule has 1 fully saturated rings. The van der Waals surface area contributed by atoms with E-state index in [1.54, 1.807) is 24.3 Å². The van der Waals surface area contributed by atoms with Crippen LogP contribution in [0.4, 0.5) is 15.8 Å². The zero-order chi connectivity index (χ0) is 24.2. The lowest BCUT2D eigenvalue weighted by atomic mass is 10.1. The molecule has 1 aliphatic rings. The number of carbonyl (C=O) groups is 2. The lowest BCUT2D eigenvalue weighted by Gasteiger charge is -2.14. The van der Waals surface area contributed by atoms with Crippen LogP contribution in [-0.4, -0.2) is 22.7 Å². The van der Waals surface area contributed by atoms with E-state index in [1.807, 2.05) is 38.1 Å². The minimum absolute atomic E-state index is 0.186. The summed E-state index contributed by atoms with van der Waals surface area (Å²) in [6, 6.07) is 18.6. The number of halogens is 1. The summed E-state index contributed by atoms with van der Waals surface area (Å²) in [5, 5.41) is 2.87. The molecule has 3 aromatic rings. The Labute approximate surface area is 206 Å². The fourth-order valence-corrected chi connectivity index (χ4v) is 4.64. The summed E-state index contributed by atoms with van der Waals surface area (Å²) in [6.07, 6.45) is 1.68. The molecular weight excluding hydrogens is 471 g/mol. The van der Waals surface area contributed by atoms with Gasteiger partial charge in [0.1, 0.15) is 11.6 Å². The van der Waals surface area contributed by atoms with Gasteiger partial charge in [0.2, 0.25) is 0 Å². The molecule has 0 bridgehead atoms. The number of nitrogens with one attached hydrogen (secondary N) is 1. The normalized spacial score (nSPS) is 14.6. The molecular formula is C26H21FN2O3S2. The van der Waals surface area contributed by atoms with Gasteiger partial charge in [0.15, 0.2) is 10.9 Å². The van der Waals surface area contributed by atoms with E-state index in [2.05, 4.69) is 5.32 Å². The Morgan fingerprint density at radius 2 is 1.85 bits per heavy atom. The fourth-order valence-electron chi connectivity index (χ4n) is 3.35. The topological polar surface area (TPSA) is 58.6 Å². The number of nitrogens with zero attached hydrogens (tertiary/aromatic N) is 1. The molecule has 34 heavy (non-hydrogen) atoms. The molecule has 0 atom stereocenters. The van der Waals surface area contributed by atoms with Gasteiger partial charge in [-0.1, -0.05) is 54.3 Å². The quantitative estimate of drug-likeness (QED) is 0.345. The molecule has 1 saturated heterocycles. The van der Waals surface area contributed by atoms with Gasteiger partial charge in [-0.15, -0.1) is 0 Å². The lowest BCUT2D eigenvalue weighted by Crippen LogP contribution is -2.27. The molecule has 1 N–H and O–H groups in total. The van der Waals surface area contributed by atoms with Crippen molar-refractivity contribution in [2.75, 3.05) is 16.8 Å². The summed E-state index contributed by atoms with van der Waals surface area (Å²) in [5.41, 5.74) is 3.89. The number of hydrogen-bond acceptors (Lipinski definition) is 5. The standard InChI is InChI=1S/C26H21FN2O3S2/c1-16-7-8-17(2)21(13-16)28-24(30)15-32-22-6-4-3-5-18(22)14-23-25(31)29(26(33)34-23)20-11-9-19(27)10-12-20/h3-14H,15H2,1-2H3,(H,28,30)/b23-14-. The van der Waals surface area contributed by atoms with Crippen LogP contribution in [0.5, 0.6) is 5.75 Å². The minimum Gasteiger partial charge on any atom is -0.483 e. The lowest BCUT2D eigenvalue weighted by molar-refractivity contribution is -0.118. The average molecular weight is 493 g/mol. The van der Waals surface area contributed by atoms with Gasteiger partial charge in [0, 0.05) is 11.3 Å². The van der Waals surface area contributed by atoms with E-state index < -0.39 is 5.82 Å². The Hall–Kier alpha value is -3.49. The van der Waals surface area contributed by atoms with Crippen LogP contribution in [-0.2, 0) is 9.59 Å². The Balaban J connectivity index is 1.48. The predicted molar refractivity (Wildman–Crippen MR) is 139 cm³/mol. The number of para-hydroxylation sites is 1. The highest BCUT2D eigenvalue weighted by atomic mass is 32.2. The van der Waals surface area contributed by atoms with Crippen LogP contribution in [0.25, 0.3) is 6.08 Å². The van der Waals surface area contributed by atoms with Gasteiger partial charge in [-0.3, -0.25) is 14.5 Å². The maximum Gasteiger partial charge on any atom is 0.270 e. The van der Waals surface area contributed by atoms with Crippen molar-refractivity contribution in [2.24, 2.45) is 0 Å². The molecule has 5 nitrogen and oxygen atoms in total. The summed E-state index contributed by atoms with van der Waals surface area (Å²) in [6.45, 7) is 3.70. The molecule has 8 heteroatoms. The first kappa shape index (κ1) is 23.7. The van der Waals surface area contributed by atoms with Gasteiger partial charge < -0.3 is 10.1 Å². The van der Waals surface area contributed by atoms with Gasteiger partial charge in [-0.25, -0.2) is 4.39 Å². The molecule has 0 spiro atoms. The number of aryl methyl sites for hydroxylation is 2. The second kappa shape index (κ2) is 10.2. The van der Waals surface area contributed by atoms with Gasteiger partial charge in [0.25, 0.3) is 11.8 Å². The number of thiocarbonyl (C=S) groups is 1. The van der Waals surface area contributed by atoms with Gasteiger partial charge in [-0.05, 0) is 67.4 Å². The summed E-state index contributed by atoms with van der Waals surface area (Å²) in [4.78, 5) is 27.2. The van der Waals surface area contributed by atoms with Crippen LogP contribution in [0.2, 0.25) is 0 Å². The molecule has 0 aromatic heterocycles. The number of thioether (sulfide) groups is 1. The summed E-state index contributed by atoms with van der Waals surface area (Å²) < 4.78 is 19.4. The zero-order valence-electron chi connectivity index (χ0n) is 18.5. The number of carbonyl (C=O) groups excluding carboxylic acids is 2. The number of rotatable bonds is 6. The van der Waals surface area contributed by atoms with Crippen molar-refractivity contribution >= 4 is 57.6 Å².